The number of rotatable bonds is 3. The van der Waals surface area contributed by atoms with Gasteiger partial charge in [0.15, 0.2) is 5.82 Å². The van der Waals surface area contributed by atoms with Crippen molar-refractivity contribution in [2.75, 3.05) is 6.54 Å². The van der Waals surface area contributed by atoms with Crippen molar-refractivity contribution in [1.82, 2.24) is 15.2 Å². The number of nitrogens with zero attached hydrogens (tertiary/aromatic N) is 3. The van der Waals surface area contributed by atoms with E-state index in [1.165, 1.54) is 12.1 Å². The molecule has 0 aliphatic rings. The first-order chi connectivity index (χ1) is 7.79. The van der Waals surface area contributed by atoms with E-state index >= 15 is 0 Å². The van der Waals surface area contributed by atoms with Gasteiger partial charge in [0.25, 0.3) is 0 Å². The van der Waals surface area contributed by atoms with Gasteiger partial charge in [0, 0.05) is 12.0 Å². The van der Waals surface area contributed by atoms with Crippen LogP contribution in [0.25, 0.3) is 11.3 Å². The Kier molecular flexibility index (Phi) is 3.16. The lowest BCUT2D eigenvalue weighted by molar-refractivity contribution is 0.628. The molecule has 0 atom stereocenters. The van der Waals surface area contributed by atoms with E-state index in [-0.39, 0.29) is 5.82 Å². The van der Waals surface area contributed by atoms with Gasteiger partial charge in [-0.2, -0.15) is 0 Å². The molecule has 2 aromatic rings. The van der Waals surface area contributed by atoms with Crippen LogP contribution in [0.5, 0.6) is 0 Å². The monoisotopic (exact) mass is 218 g/mol. The van der Waals surface area contributed by atoms with Gasteiger partial charge in [0.2, 0.25) is 0 Å². The highest BCUT2D eigenvalue weighted by Gasteiger charge is 2.02. The molecule has 0 saturated heterocycles. The Labute approximate surface area is 92.4 Å². The highest BCUT2D eigenvalue weighted by molar-refractivity contribution is 5.56. The van der Waals surface area contributed by atoms with Crippen LogP contribution in [0.2, 0.25) is 0 Å². The Morgan fingerprint density at radius 2 is 1.88 bits per heavy atom. The van der Waals surface area contributed by atoms with Gasteiger partial charge in [-0.15, -0.1) is 10.2 Å². The third kappa shape index (κ3) is 2.38. The molecule has 1 heterocycles. The number of hydrogen-bond acceptors (Lipinski definition) is 4. The third-order valence-corrected chi connectivity index (χ3v) is 2.12. The zero-order valence-electron chi connectivity index (χ0n) is 8.60. The minimum atomic E-state index is -0.274. The molecule has 0 fully saturated rings. The topological polar surface area (TPSA) is 64.7 Å². The van der Waals surface area contributed by atoms with Gasteiger partial charge < -0.3 is 5.73 Å². The molecule has 0 aliphatic heterocycles. The van der Waals surface area contributed by atoms with E-state index in [4.69, 9.17) is 5.73 Å². The molecule has 0 radical (unpaired) electrons. The second kappa shape index (κ2) is 4.76. The van der Waals surface area contributed by atoms with Gasteiger partial charge >= 0.3 is 0 Å². The second-order valence-electron chi connectivity index (χ2n) is 3.31. The molecule has 1 aromatic heterocycles. The number of nitrogens with two attached hydrogens (primary N) is 1. The van der Waals surface area contributed by atoms with E-state index in [9.17, 15) is 4.39 Å². The van der Waals surface area contributed by atoms with Gasteiger partial charge in [-0.25, -0.2) is 9.37 Å². The Morgan fingerprint density at radius 3 is 2.44 bits per heavy atom. The third-order valence-electron chi connectivity index (χ3n) is 2.12. The van der Waals surface area contributed by atoms with Crippen LogP contribution in [-0.4, -0.2) is 21.7 Å². The van der Waals surface area contributed by atoms with E-state index in [0.717, 1.165) is 5.56 Å². The first-order valence-corrected chi connectivity index (χ1v) is 4.94. The average molecular weight is 218 g/mol. The summed E-state index contributed by atoms with van der Waals surface area (Å²) in [6.07, 6.45) is 2.22. The molecule has 0 aliphatic carbocycles. The van der Waals surface area contributed by atoms with Crippen LogP contribution < -0.4 is 5.73 Å². The molecular formula is C11H11FN4. The van der Waals surface area contributed by atoms with Crippen molar-refractivity contribution in [3.05, 3.63) is 42.1 Å². The van der Waals surface area contributed by atoms with Crippen LogP contribution in [0.4, 0.5) is 4.39 Å². The largest absolute Gasteiger partial charge is 0.330 e. The molecule has 0 amide bonds. The molecule has 16 heavy (non-hydrogen) atoms. The summed E-state index contributed by atoms with van der Waals surface area (Å²) in [5.74, 6) is 0.345. The quantitative estimate of drug-likeness (QED) is 0.840. The fraction of sp³-hybridized carbons (Fsp3) is 0.182. The molecule has 0 bridgehead atoms. The molecule has 5 heteroatoms. The van der Waals surface area contributed by atoms with Crippen LogP contribution in [0.3, 0.4) is 0 Å². The smallest absolute Gasteiger partial charge is 0.152 e. The molecule has 0 spiro atoms. The van der Waals surface area contributed by atoms with Gasteiger partial charge in [-0.05, 0) is 30.8 Å². The number of hydrogen-bond donors (Lipinski definition) is 1. The number of halogens is 1. The standard InChI is InChI=1S/C11H11FN4/c12-9-3-1-8(2-4-9)10-7-14-11(5-6-13)16-15-10/h1-4,7H,5-6,13H2. The van der Waals surface area contributed by atoms with Crippen molar-refractivity contribution in [2.24, 2.45) is 5.73 Å². The molecule has 2 N–H and O–H groups in total. The van der Waals surface area contributed by atoms with Crippen LogP contribution in [-0.2, 0) is 6.42 Å². The van der Waals surface area contributed by atoms with Crippen molar-refractivity contribution >= 4 is 0 Å². The van der Waals surface area contributed by atoms with Gasteiger partial charge in [0.1, 0.15) is 11.5 Å². The Hall–Kier alpha value is -1.88. The predicted octanol–water partition coefficient (Wildman–Crippen LogP) is 1.18. The molecule has 1 aromatic carbocycles. The summed E-state index contributed by atoms with van der Waals surface area (Å²) in [6.45, 7) is 0.498. The summed E-state index contributed by atoms with van der Waals surface area (Å²) < 4.78 is 12.7. The highest BCUT2D eigenvalue weighted by atomic mass is 19.1. The normalized spacial score (nSPS) is 10.4. The van der Waals surface area contributed by atoms with E-state index in [1.807, 2.05) is 0 Å². The Bertz CT molecular complexity index is 452. The maximum atomic E-state index is 12.7. The molecule has 0 unspecified atom stereocenters. The van der Waals surface area contributed by atoms with Crippen LogP contribution in [0, 0.1) is 5.82 Å². The van der Waals surface area contributed by atoms with Crippen molar-refractivity contribution in [2.45, 2.75) is 6.42 Å². The maximum absolute atomic E-state index is 12.7. The summed E-state index contributed by atoms with van der Waals surface area (Å²) in [4.78, 5) is 4.12. The number of benzene rings is 1. The first kappa shape index (κ1) is 10.6. The highest BCUT2D eigenvalue weighted by Crippen LogP contribution is 2.15. The summed E-state index contributed by atoms with van der Waals surface area (Å²) >= 11 is 0. The summed E-state index contributed by atoms with van der Waals surface area (Å²) in [5.41, 5.74) is 6.79. The first-order valence-electron chi connectivity index (χ1n) is 4.94. The lowest BCUT2D eigenvalue weighted by Crippen LogP contribution is -2.07. The average Bonchev–Trinajstić information content (AvgIpc) is 2.32. The summed E-state index contributed by atoms with van der Waals surface area (Å²) in [5, 5.41) is 7.94. The zero-order valence-corrected chi connectivity index (χ0v) is 8.60. The van der Waals surface area contributed by atoms with Gasteiger partial charge in [-0.3, -0.25) is 0 Å². The lowest BCUT2D eigenvalue weighted by Gasteiger charge is -2.00. The van der Waals surface area contributed by atoms with Crippen molar-refractivity contribution < 1.29 is 4.39 Å². The fourth-order valence-corrected chi connectivity index (χ4v) is 1.30. The van der Waals surface area contributed by atoms with Crippen molar-refractivity contribution in [3.8, 4) is 11.3 Å². The maximum Gasteiger partial charge on any atom is 0.152 e. The molecule has 0 saturated carbocycles. The molecule has 82 valence electrons. The molecular weight excluding hydrogens is 207 g/mol. The fourth-order valence-electron chi connectivity index (χ4n) is 1.30. The van der Waals surface area contributed by atoms with E-state index in [1.54, 1.807) is 18.3 Å². The predicted molar refractivity (Wildman–Crippen MR) is 58.0 cm³/mol. The minimum absolute atomic E-state index is 0.274. The molecule has 4 nitrogen and oxygen atoms in total. The Morgan fingerprint density at radius 1 is 1.12 bits per heavy atom. The zero-order chi connectivity index (χ0) is 11.4. The van der Waals surface area contributed by atoms with Crippen LogP contribution >= 0.6 is 0 Å². The molecule has 2 rings (SSSR count). The summed E-state index contributed by atoms with van der Waals surface area (Å²) in [6, 6.07) is 6.04. The number of aromatic nitrogens is 3. The Balaban J connectivity index is 2.24. The van der Waals surface area contributed by atoms with Crippen molar-refractivity contribution in [1.29, 1.82) is 0 Å². The van der Waals surface area contributed by atoms with Gasteiger partial charge in [-0.1, -0.05) is 0 Å². The lowest BCUT2D eigenvalue weighted by atomic mass is 10.2. The second-order valence-corrected chi connectivity index (χ2v) is 3.31. The van der Waals surface area contributed by atoms with Gasteiger partial charge in [0.05, 0.1) is 6.20 Å². The SMILES string of the molecule is NCCc1ncc(-c2ccc(F)cc2)nn1. The summed E-state index contributed by atoms with van der Waals surface area (Å²) in [7, 11) is 0. The van der Waals surface area contributed by atoms with Crippen LogP contribution in [0.1, 0.15) is 5.82 Å². The minimum Gasteiger partial charge on any atom is -0.330 e. The van der Waals surface area contributed by atoms with E-state index < -0.39 is 0 Å². The van der Waals surface area contributed by atoms with E-state index in [0.29, 0.717) is 24.5 Å². The van der Waals surface area contributed by atoms with Crippen molar-refractivity contribution in [3.63, 3.8) is 0 Å². The van der Waals surface area contributed by atoms with Crippen LogP contribution in [0.15, 0.2) is 30.5 Å². The van der Waals surface area contributed by atoms with E-state index in [2.05, 4.69) is 15.2 Å².